The topological polar surface area (TPSA) is 62.7 Å². The fourth-order valence-corrected chi connectivity index (χ4v) is 4.73. The minimum Gasteiger partial charge on any atom is -0.370 e. The molecule has 1 aliphatic carbocycles. The fraction of sp³-hybridized carbons (Fsp3) is 0.500. The normalized spacial score (nSPS) is 20.2. The van der Waals surface area contributed by atoms with Gasteiger partial charge in [0.25, 0.3) is 0 Å². The first-order chi connectivity index (χ1) is 15.7. The molecule has 1 atom stereocenters. The molecule has 2 heterocycles. The van der Waals surface area contributed by atoms with Crippen LogP contribution < -0.4 is 0 Å². The Morgan fingerprint density at radius 3 is 2.47 bits per heavy atom. The van der Waals surface area contributed by atoms with E-state index in [1.807, 2.05) is 47.4 Å². The van der Waals surface area contributed by atoms with Gasteiger partial charge in [-0.3, -0.25) is 14.6 Å². The summed E-state index contributed by atoms with van der Waals surface area (Å²) in [5.41, 5.74) is 2.18. The zero-order chi connectivity index (χ0) is 22.2. The largest absolute Gasteiger partial charge is 0.370 e. The first-order valence-electron chi connectivity index (χ1n) is 11.8. The van der Waals surface area contributed by atoms with Crippen molar-refractivity contribution in [3.8, 4) is 0 Å². The van der Waals surface area contributed by atoms with Crippen molar-refractivity contribution in [1.82, 2.24) is 14.8 Å². The molecule has 2 fully saturated rings. The molecule has 1 unspecified atom stereocenters. The van der Waals surface area contributed by atoms with E-state index in [9.17, 15) is 9.59 Å². The summed E-state index contributed by atoms with van der Waals surface area (Å²) in [6.45, 7) is 1.65. The van der Waals surface area contributed by atoms with Crippen molar-refractivity contribution >= 4 is 11.8 Å². The molecule has 32 heavy (non-hydrogen) atoms. The first-order valence-corrected chi connectivity index (χ1v) is 11.8. The zero-order valence-corrected chi connectivity index (χ0v) is 18.7. The smallest absolute Gasteiger partial charge is 0.242 e. The molecular weight excluding hydrogens is 402 g/mol. The van der Waals surface area contributed by atoms with Gasteiger partial charge in [0.05, 0.1) is 19.3 Å². The maximum atomic E-state index is 13.2. The minimum atomic E-state index is -0.187. The predicted octanol–water partition coefficient (Wildman–Crippen LogP) is 3.60. The Morgan fingerprint density at radius 1 is 0.969 bits per heavy atom. The molecule has 1 aromatic heterocycles. The lowest BCUT2D eigenvalue weighted by atomic mass is 9.94. The number of nitrogens with zero attached hydrogens (tertiary/aromatic N) is 3. The van der Waals surface area contributed by atoms with Crippen LogP contribution in [0, 0.1) is 0 Å². The number of amides is 2. The van der Waals surface area contributed by atoms with E-state index < -0.39 is 0 Å². The molecule has 6 nitrogen and oxygen atoms in total. The van der Waals surface area contributed by atoms with Gasteiger partial charge in [0.1, 0.15) is 0 Å². The Hall–Kier alpha value is -2.73. The Balaban J connectivity index is 1.44. The molecule has 1 saturated heterocycles. The van der Waals surface area contributed by atoms with Crippen LogP contribution in [0.5, 0.6) is 0 Å². The second-order valence-corrected chi connectivity index (χ2v) is 8.89. The number of hydrogen-bond donors (Lipinski definition) is 0. The van der Waals surface area contributed by atoms with E-state index in [0.29, 0.717) is 32.5 Å². The van der Waals surface area contributed by atoms with Gasteiger partial charge in [-0.25, -0.2) is 0 Å². The summed E-state index contributed by atoms with van der Waals surface area (Å²) in [6.07, 6.45) is 9.99. The highest BCUT2D eigenvalue weighted by Gasteiger charge is 2.34. The van der Waals surface area contributed by atoms with Crippen LogP contribution in [0.1, 0.15) is 49.7 Å². The van der Waals surface area contributed by atoms with Gasteiger partial charge in [-0.1, -0.05) is 49.6 Å². The fourth-order valence-electron chi connectivity index (χ4n) is 4.73. The van der Waals surface area contributed by atoms with Crippen LogP contribution >= 0.6 is 0 Å². The second-order valence-electron chi connectivity index (χ2n) is 8.89. The van der Waals surface area contributed by atoms with E-state index >= 15 is 0 Å². The highest BCUT2D eigenvalue weighted by molar-refractivity contribution is 5.85. The average molecular weight is 436 g/mol. The molecule has 0 bridgehead atoms. The molecule has 1 aliphatic heterocycles. The van der Waals surface area contributed by atoms with E-state index in [-0.39, 0.29) is 30.5 Å². The minimum absolute atomic E-state index is 0.00830. The summed E-state index contributed by atoms with van der Waals surface area (Å²) in [5, 5.41) is 0. The van der Waals surface area contributed by atoms with Crippen molar-refractivity contribution in [2.45, 2.75) is 63.7 Å². The first kappa shape index (κ1) is 22.5. The van der Waals surface area contributed by atoms with Crippen molar-refractivity contribution in [3.63, 3.8) is 0 Å². The van der Waals surface area contributed by atoms with Crippen molar-refractivity contribution in [2.75, 3.05) is 19.6 Å². The number of rotatable bonds is 7. The van der Waals surface area contributed by atoms with Crippen molar-refractivity contribution < 1.29 is 14.3 Å². The van der Waals surface area contributed by atoms with Crippen LogP contribution in [-0.2, 0) is 27.4 Å². The number of carbonyl (C=O) groups excluding carboxylic acids is 2. The molecule has 2 amide bonds. The average Bonchev–Trinajstić information content (AvgIpc) is 3.02. The molecule has 1 aromatic carbocycles. The monoisotopic (exact) mass is 435 g/mol. The molecule has 0 N–H and O–H groups in total. The van der Waals surface area contributed by atoms with Crippen LogP contribution in [0.2, 0.25) is 0 Å². The Labute approximate surface area is 190 Å². The summed E-state index contributed by atoms with van der Waals surface area (Å²) < 4.78 is 6.27. The third-order valence-corrected chi connectivity index (χ3v) is 6.54. The summed E-state index contributed by atoms with van der Waals surface area (Å²) in [4.78, 5) is 34.0. The van der Waals surface area contributed by atoms with Crippen LogP contribution in [-0.4, -0.2) is 58.4 Å². The highest BCUT2D eigenvalue weighted by Crippen LogP contribution is 2.25. The summed E-state index contributed by atoms with van der Waals surface area (Å²) in [7, 11) is 0. The lowest BCUT2D eigenvalue weighted by Gasteiger charge is -2.34. The van der Waals surface area contributed by atoms with Crippen molar-refractivity contribution in [1.29, 1.82) is 0 Å². The third kappa shape index (κ3) is 6.16. The van der Waals surface area contributed by atoms with Gasteiger partial charge in [0, 0.05) is 37.9 Å². The lowest BCUT2D eigenvalue weighted by Crippen LogP contribution is -2.46. The molecule has 2 aliphatic rings. The van der Waals surface area contributed by atoms with Crippen molar-refractivity contribution in [3.05, 3.63) is 66.0 Å². The molecular formula is C26H33N3O3. The Bertz CT molecular complexity index is 868. The second kappa shape index (κ2) is 11.2. The van der Waals surface area contributed by atoms with E-state index in [1.165, 1.54) is 19.3 Å². The molecule has 170 valence electrons. The third-order valence-electron chi connectivity index (χ3n) is 6.54. The molecule has 2 aromatic rings. The summed E-state index contributed by atoms with van der Waals surface area (Å²) in [6, 6.07) is 14.2. The van der Waals surface area contributed by atoms with Crippen LogP contribution in [0.25, 0.3) is 0 Å². The maximum absolute atomic E-state index is 13.2. The maximum Gasteiger partial charge on any atom is 0.242 e. The molecule has 0 spiro atoms. The number of hydrogen-bond acceptors (Lipinski definition) is 4. The van der Waals surface area contributed by atoms with E-state index in [4.69, 9.17) is 4.74 Å². The van der Waals surface area contributed by atoms with E-state index in [2.05, 4.69) is 4.98 Å². The predicted molar refractivity (Wildman–Crippen MR) is 123 cm³/mol. The van der Waals surface area contributed by atoms with Gasteiger partial charge in [-0.05, 0) is 42.5 Å². The molecule has 1 saturated carbocycles. The number of aryl methyl sites for hydroxylation is 1. The van der Waals surface area contributed by atoms with E-state index in [0.717, 1.165) is 24.0 Å². The molecule has 4 rings (SSSR count). The Kier molecular flexibility index (Phi) is 7.88. The van der Waals surface area contributed by atoms with Crippen LogP contribution in [0.4, 0.5) is 0 Å². The number of benzene rings is 1. The van der Waals surface area contributed by atoms with Crippen LogP contribution in [0.15, 0.2) is 54.9 Å². The lowest BCUT2D eigenvalue weighted by molar-refractivity contribution is -0.140. The van der Waals surface area contributed by atoms with Gasteiger partial charge in [-0.2, -0.15) is 0 Å². The van der Waals surface area contributed by atoms with E-state index in [1.54, 1.807) is 17.3 Å². The molecule has 0 radical (unpaired) electrons. The molecule has 6 heteroatoms. The van der Waals surface area contributed by atoms with Gasteiger partial charge < -0.3 is 14.5 Å². The van der Waals surface area contributed by atoms with Crippen LogP contribution in [0.3, 0.4) is 0 Å². The van der Waals surface area contributed by atoms with Crippen molar-refractivity contribution in [2.24, 2.45) is 0 Å². The number of carbonyl (C=O) groups is 2. The van der Waals surface area contributed by atoms with Gasteiger partial charge in [0.2, 0.25) is 11.8 Å². The SMILES string of the molecule is O=C(CCc1ccncc1)N1CC(=O)N(C2CCCCC2)CC(OCc2ccccc2)C1. The number of ether oxygens (including phenoxy) is 1. The summed E-state index contributed by atoms with van der Waals surface area (Å²) >= 11 is 0. The highest BCUT2D eigenvalue weighted by atomic mass is 16.5. The number of pyridine rings is 1. The Morgan fingerprint density at radius 2 is 1.72 bits per heavy atom. The zero-order valence-electron chi connectivity index (χ0n) is 18.7. The van der Waals surface area contributed by atoms with Gasteiger partial charge >= 0.3 is 0 Å². The van der Waals surface area contributed by atoms with Gasteiger partial charge in [0.15, 0.2) is 0 Å². The summed E-state index contributed by atoms with van der Waals surface area (Å²) in [5.74, 6) is 0.0638. The standard InChI is InChI=1S/C26H33N3O3/c30-25(12-11-21-13-15-27-16-14-21)28-17-24(32-20-22-7-3-1-4-8-22)18-29(26(31)19-28)23-9-5-2-6-10-23/h1,3-4,7-8,13-16,23-24H,2,5-6,9-12,17-20H2. The number of aromatic nitrogens is 1. The quantitative estimate of drug-likeness (QED) is 0.667. The van der Waals surface area contributed by atoms with Gasteiger partial charge in [-0.15, -0.1) is 0 Å².